The van der Waals surface area contributed by atoms with Crippen LogP contribution >= 0.6 is 24.0 Å². The topological polar surface area (TPSA) is 75.2 Å². The highest BCUT2D eigenvalue weighted by Crippen LogP contribution is 2.30. The number of aliphatic imine (C=N–C) groups is 1. The molecule has 0 spiro atoms. The van der Waals surface area contributed by atoms with Gasteiger partial charge in [-0.1, -0.05) is 19.3 Å². The van der Waals surface area contributed by atoms with Crippen LogP contribution in [0.25, 0.3) is 0 Å². The van der Waals surface area contributed by atoms with Crippen LogP contribution in [-0.2, 0) is 4.79 Å². The molecule has 0 unspecified atom stereocenters. The maximum atomic E-state index is 11.9. The molecule has 2 rings (SSSR count). The van der Waals surface area contributed by atoms with E-state index in [1.165, 1.54) is 32.1 Å². The predicted octanol–water partition coefficient (Wildman–Crippen LogP) is 3.74. The Labute approximate surface area is 191 Å². The third-order valence-electron chi connectivity index (χ3n) is 4.88. The molecule has 8 heteroatoms. The molecular formula is C21H35IN4O3. The first kappa shape index (κ1) is 25.3. The molecule has 0 atom stereocenters. The molecule has 0 heterocycles. The number of halogens is 1. The lowest BCUT2D eigenvalue weighted by molar-refractivity contribution is -0.127. The van der Waals surface area contributed by atoms with Gasteiger partial charge in [-0.15, -0.1) is 24.0 Å². The third kappa shape index (κ3) is 8.67. The summed E-state index contributed by atoms with van der Waals surface area (Å²) in [4.78, 5) is 18.0. The molecule has 29 heavy (non-hydrogen) atoms. The van der Waals surface area contributed by atoms with Crippen LogP contribution in [0.1, 0.15) is 39.0 Å². The van der Waals surface area contributed by atoms with Crippen LogP contribution in [0.15, 0.2) is 23.2 Å². The minimum Gasteiger partial charge on any atom is -0.493 e. The maximum absolute atomic E-state index is 11.9. The van der Waals surface area contributed by atoms with Gasteiger partial charge in [-0.3, -0.25) is 4.79 Å². The lowest BCUT2D eigenvalue weighted by atomic mass is 9.89. The van der Waals surface area contributed by atoms with Gasteiger partial charge in [0, 0.05) is 32.4 Å². The molecule has 0 saturated heterocycles. The van der Waals surface area contributed by atoms with E-state index in [1.807, 2.05) is 25.1 Å². The number of methoxy groups -OCH3 is 1. The number of ether oxygens (including phenoxy) is 2. The van der Waals surface area contributed by atoms with Gasteiger partial charge in [0.05, 0.1) is 13.7 Å². The number of carbonyl (C=O) groups is 1. The molecule has 0 aliphatic heterocycles. The molecule has 1 saturated carbocycles. The van der Waals surface area contributed by atoms with Gasteiger partial charge in [-0.05, 0) is 37.8 Å². The average molecular weight is 518 g/mol. The van der Waals surface area contributed by atoms with E-state index in [2.05, 4.69) is 15.6 Å². The Balaban J connectivity index is 0.00000420. The van der Waals surface area contributed by atoms with Gasteiger partial charge < -0.3 is 25.0 Å². The van der Waals surface area contributed by atoms with E-state index in [-0.39, 0.29) is 36.4 Å². The molecule has 1 aliphatic carbocycles. The van der Waals surface area contributed by atoms with Crippen molar-refractivity contribution < 1.29 is 14.3 Å². The van der Waals surface area contributed by atoms with Crippen molar-refractivity contribution in [1.82, 2.24) is 10.2 Å². The highest BCUT2D eigenvalue weighted by atomic mass is 127. The summed E-state index contributed by atoms with van der Waals surface area (Å²) in [5.74, 6) is 2.57. The number of hydrogen-bond acceptors (Lipinski definition) is 4. The monoisotopic (exact) mass is 518 g/mol. The molecule has 1 fully saturated rings. The van der Waals surface area contributed by atoms with E-state index in [1.54, 1.807) is 26.1 Å². The Hall–Kier alpha value is -1.71. The largest absolute Gasteiger partial charge is 0.493 e. The van der Waals surface area contributed by atoms with Crippen molar-refractivity contribution in [3.63, 3.8) is 0 Å². The molecule has 1 aromatic carbocycles. The minimum atomic E-state index is -0.0389. The number of guanidine groups is 1. The van der Waals surface area contributed by atoms with Crippen molar-refractivity contribution in [2.45, 2.75) is 39.0 Å². The number of carbonyl (C=O) groups excluding carboxylic acids is 1. The summed E-state index contributed by atoms with van der Waals surface area (Å²) in [5, 5.41) is 6.70. The van der Waals surface area contributed by atoms with Crippen molar-refractivity contribution in [3.8, 4) is 11.5 Å². The zero-order chi connectivity index (χ0) is 20.4. The summed E-state index contributed by atoms with van der Waals surface area (Å²) in [6.07, 6.45) is 6.41. The van der Waals surface area contributed by atoms with Crippen LogP contribution in [-0.4, -0.2) is 57.7 Å². The summed E-state index contributed by atoms with van der Waals surface area (Å²) in [7, 11) is 5.09. The lowest BCUT2D eigenvalue weighted by Crippen LogP contribution is -2.36. The van der Waals surface area contributed by atoms with Gasteiger partial charge in [0.25, 0.3) is 0 Å². The quantitative estimate of drug-likeness (QED) is 0.312. The Morgan fingerprint density at radius 2 is 1.93 bits per heavy atom. The zero-order valence-corrected chi connectivity index (χ0v) is 20.3. The fourth-order valence-electron chi connectivity index (χ4n) is 3.22. The number of anilines is 1. The van der Waals surface area contributed by atoms with E-state index in [0.29, 0.717) is 30.0 Å². The molecule has 1 amide bonds. The van der Waals surface area contributed by atoms with E-state index >= 15 is 0 Å². The maximum Gasteiger partial charge on any atom is 0.243 e. The molecule has 0 radical (unpaired) electrons. The van der Waals surface area contributed by atoms with E-state index in [0.717, 1.165) is 12.2 Å². The summed E-state index contributed by atoms with van der Waals surface area (Å²) in [6.45, 7) is 3.47. The Morgan fingerprint density at radius 1 is 1.21 bits per heavy atom. The number of rotatable bonds is 8. The first-order chi connectivity index (χ1) is 13.5. The van der Waals surface area contributed by atoms with Gasteiger partial charge in [0.2, 0.25) is 5.91 Å². The second-order valence-electron chi connectivity index (χ2n) is 7.26. The minimum absolute atomic E-state index is 0. The van der Waals surface area contributed by atoms with Gasteiger partial charge in [-0.25, -0.2) is 4.99 Å². The number of nitrogens with zero attached hydrogens (tertiary/aromatic N) is 2. The Bertz CT molecular complexity index is 661. The highest BCUT2D eigenvalue weighted by molar-refractivity contribution is 14.0. The van der Waals surface area contributed by atoms with Crippen molar-refractivity contribution in [2.24, 2.45) is 10.9 Å². The zero-order valence-electron chi connectivity index (χ0n) is 18.0. The molecular weight excluding hydrogens is 483 g/mol. The van der Waals surface area contributed by atoms with Crippen LogP contribution in [0, 0.1) is 5.92 Å². The molecule has 0 bridgehead atoms. The highest BCUT2D eigenvalue weighted by Gasteiger charge is 2.15. The van der Waals surface area contributed by atoms with Crippen LogP contribution in [0.4, 0.5) is 5.69 Å². The van der Waals surface area contributed by atoms with Gasteiger partial charge in [-0.2, -0.15) is 0 Å². The number of hydrogen-bond donors (Lipinski definition) is 2. The Kier molecular flexibility index (Phi) is 11.8. The van der Waals surface area contributed by atoms with E-state index in [9.17, 15) is 4.79 Å². The molecule has 0 aromatic heterocycles. The summed E-state index contributed by atoms with van der Waals surface area (Å²) < 4.78 is 11.0. The van der Waals surface area contributed by atoms with E-state index in [4.69, 9.17) is 9.47 Å². The first-order valence-corrected chi connectivity index (χ1v) is 10.1. The summed E-state index contributed by atoms with van der Waals surface area (Å²) in [6, 6.07) is 5.66. The fraction of sp³-hybridized carbons (Fsp3) is 0.619. The smallest absolute Gasteiger partial charge is 0.243 e. The van der Waals surface area contributed by atoms with Crippen molar-refractivity contribution in [3.05, 3.63) is 18.2 Å². The molecule has 1 aromatic rings. The molecule has 1 aliphatic rings. The summed E-state index contributed by atoms with van der Waals surface area (Å²) in [5.41, 5.74) is 0.826. The number of likely N-dealkylation sites (N-methyl/N-ethyl adjacent to an activating group) is 1. The predicted molar refractivity (Wildman–Crippen MR) is 129 cm³/mol. The standard InChI is InChI=1S/C21H34N4O3.HI/c1-5-28-18-12-11-17(13-19(18)27-4)24-21(23-15-20(26)25(2)3)22-14-16-9-7-6-8-10-16;/h11-13,16H,5-10,14-15H2,1-4H3,(H2,22,23,24);1H. The first-order valence-electron chi connectivity index (χ1n) is 10.1. The SMILES string of the molecule is CCOc1ccc(NC(=NCC(=O)N(C)C)NCC2CCCCC2)cc1OC.I. The normalized spacial score (nSPS) is 14.6. The van der Waals surface area contributed by atoms with E-state index < -0.39 is 0 Å². The fourth-order valence-corrected chi connectivity index (χ4v) is 3.22. The van der Waals surface area contributed by atoms with Crippen molar-refractivity contribution in [1.29, 1.82) is 0 Å². The number of benzene rings is 1. The average Bonchev–Trinajstić information content (AvgIpc) is 2.71. The van der Waals surface area contributed by atoms with Gasteiger partial charge in [0.15, 0.2) is 17.5 Å². The second kappa shape index (κ2) is 13.5. The molecule has 7 nitrogen and oxygen atoms in total. The molecule has 164 valence electrons. The van der Waals surface area contributed by atoms with Crippen LogP contribution in [0.2, 0.25) is 0 Å². The third-order valence-corrected chi connectivity index (χ3v) is 4.88. The van der Waals surface area contributed by atoms with Crippen molar-refractivity contribution >= 4 is 41.5 Å². The summed E-state index contributed by atoms with van der Waals surface area (Å²) >= 11 is 0. The Morgan fingerprint density at radius 3 is 2.55 bits per heavy atom. The van der Waals surface area contributed by atoms with Crippen LogP contribution in [0.5, 0.6) is 11.5 Å². The lowest BCUT2D eigenvalue weighted by Gasteiger charge is -2.23. The van der Waals surface area contributed by atoms with Crippen LogP contribution in [0.3, 0.4) is 0 Å². The van der Waals surface area contributed by atoms with Gasteiger partial charge >= 0.3 is 0 Å². The van der Waals surface area contributed by atoms with Gasteiger partial charge in [0.1, 0.15) is 6.54 Å². The number of nitrogens with one attached hydrogen (secondary N) is 2. The molecule has 2 N–H and O–H groups in total. The van der Waals surface area contributed by atoms with Crippen molar-refractivity contribution in [2.75, 3.05) is 46.2 Å². The second-order valence-corrected chi connectivity index (χ2v) is 7.26. The number of amides is 1. The van der Waals surface area contributed by atoms with Crippen LogP contribution < -0.4 is 20.1 Å².